The normalized spacial score (nSPS) is 12.8. The summed E-state index contributed by atoms with van der Waals surface area (Å²) in [6.07, 6.45) is 5.24. The molecule has 0 radical (unpaired) electrons. The van der Waals surface area contributed by atoms with Gasteiger partial charge in [0, 0.05) is 17.3 Å². The van der Waals surface area contributed by atoms with Crippen molar-refractivity contribution in [3.8, 4) is 39.3 Å². The number of hydrogen-bond donors (Lipinski definition) is 1. The van der Waals surface area contributed by atoms with Gasteiger partial charge in [-0.3, -0.25) is 9.78 Å². The molecule has 0 bridgehead atoms. The first kappa shape index (κ1) is 23.6. The summed E-state index contributed by atoms with van der Waals surface area (Å²) in [6, 6.07) is 23.8. The summed E-state index contributed by atoms with van der Waals surface area (Å²) >= 11 is 0. The van der Waals surface area contributed by atoms with Gasteiger partial charge in [-0.15, -0.1) is 0 Å². The zero-order valence-electron chi connectivity index (χ0n) is 20.6. The molecule has 0 atom stereocenters. The van der Waals surface area contributed by atoms with Crippen LogP contribution in [0.3, 0.4) is 0 Å². The van der Waals surface area contributed by atoms with E-state index in [0.717, 1.165) is 52.0 Å². The lowest BCUT2D eigenvalue weighted by Crippen LogP contribution is -2.09. The van der Waals surface area contributed by atoms with Crippen LogP contribution in [0.25, 0.3) is 33.6 Å². The highest BCUT2D eigenvalue weighted by molar-refractivity contribution is 5.81. The van der Waals surface area contributed by atoms with E-state index in [1.165, 1.54) is 12.1 Å². The number of ether oxygens (including phenoxy) is 1. The van der Waals surface area contributed by atoms with Gasteiger partial charge in [0.05, 0.1) is 17.8 Å². The summed E-state index contributed by atoms with van der Waals surface area (Å²) in [7, 11) is 0. The van der Waals surface area contributed by atoms with Crippen molar-refractivity contribution in [3.63, 3.8) is 0 Å². The highest BCUT2D eigenvalue weighted by Gasteiger charge is 2.31. The minimum atomic E-state index is -0.297. The fourth-order valence-electron chi connectivity index (χ4n) is 4.24. The molecule has 2 aromatic heterocycles. The van der Waals surface area contributed by atoms with Crippen LogP contribution in [0.1, 0.15) is 18.5 Å². The number of aromatic nitrogens is 2. The Morgan fingerprint density at radius 2 is 1.61 bits per heavy atom. The fourth-order valence-corrected chi connectivity index (χ4v) is 4.24. The predicted molar refractivity (Wildman–Crippen MR) is 143 cm³/mol. The molecular weight excluding hydrogens is 481 g/mol. The summed E-state index contributed by atoms with van der Waals surface area (Å²) in [5, 5.41) is 7.53. The van der Waals surface area contributed by atoms with Gasteiger partial charge in [0.1, 0.15) is 22.9 Å². The third-order valence-electron chi connectivity index (χ3n) is 6.49. The van der Waals surface area contributed by atoms with Gasteiger partial charge in [-0.05, 0) is 66.8 Å². The first-order valence-electron chi connectivity index (χ1n) is 12.4. The number of nitrogens with zero attached hydrogens (tertiary/aromatic N) is 2. The fraction of sp³-hybridized carbons (Fsp3) is 0.129. The van der Waals surface area contributed by atoms with Crippen LogP contribution in [0.2, 0.25) is 0 Å². The number of carbonyl (C=O) groups is 1. The molecule has 38 heavy (non-hydrogen) atoms. The second-order valence-electron chi connectivity index (χ2n) is 9.37. The van der Waals surface area contributed by atoms with Crippen LogP contribution in [0.4, 0.5) is 15.8 Å². The van der Waals surface area contributed by atoms with Crippen molar-refractivity contribution in [3.05, 3.63) is 103 Å². The van der Waals surface area contributed by atoms with Gasteiger partial charge in [0.25, 0.3) is 0 Å². The van der Waals surface area contributed by atoms with Gasteiger partial charge < -0.3 is 14.6 Å². The molecule has 1 aliphatic rings. The monoisotopic (exact) mass is 505 g/mol. The largest absolute Gasteiger partial charge is 0.426 e. The van der Waals surface area contributed by atoms with Crippen LogP contribution in [-0.4, -0.2) is 16.1 Å². The van der Waals surface area contributed by atoms with Crippen molar-refractivity contribution in [1.82, 2.24) is 10.1 Å². The van der Waals surface area contributed by atoms with Crippen LogP contribution < -0.4 is 10.1 Å². The summed E-state index contributed by atoms with van der Waals surface area (Å²) in [6.45, 7) is 1.87. The van der Waals surface area contributed by atoms with Gasteiger partial charge in [0.15, 0.2) is 5.76 Å². The number of anilines is 2. The lowest BCUT2D eigenvalue weighted by molar-refractivity contribution is -0.135. The van der Waals surface area contributed by atoms with E-state index in [0.29, 0.717) is 17.2 Å². The summed E-state index contributed by atoms with van der Waals surface area (Å²) in [5.74, 6) is 0.786. The lowest BCUT2D eigenvalue weighted by atomic mass is 10.0. The van der Waals surface area contributed by atoms with Crippen molar-refractivity contribution < 1.29 is 18.4 Å². The summed E-state index contributed by atoms with van der Waals surface area (Å²) < 4.78 is 24.8. The quantitative estimate of drug-likeness (QED) is 0.181. The predicted octanol–water partition coefficient (Wildman–Crippen LogP) is 7.58. The van der Waals surface area contributed by atoms with E-state index >= 15 is 0 Å². The van der Waals surface area contributed by atoms with Crippen molar-refractivity contribution in [2.45, 2.75) is 19.8 Å². The molecule has 1 fully saturated rings. The Morgan fingerprint density at radius 1 is 0.895 bits per heavy atom. The lowest BCUT2D eigenvalue weighted by Gasteiger charge is -2.10. The SMILES string of the molecule is Cc1noc(-c2ccc(-c3ccc(OC(=O)C4CC4)cc3)cc2)c1Nc1cncc(-c2cccc(F)c2)c1. The maximum absolute atomic E-state index is 13.7. The second kappa shape index (κ2) is 9.94. The van der Waals surface area contributed by atoms with Crippen molar-refractivity contribution in [1.29, 1.82) is 0 Å². The van der Waals surface area contributed by atoms with Crippen LogP contribution in [0.5, 0.6) is 5.75 Å². The Hall–Kier alpha value is -4.78. The van der Waals surface area contributed by atoms with Gasteiger partial charge in [-0.25, -0.2) is 4.39 Å². The average Bonchev–Trinajstić information content (AvgIpc) is 3.74. The van der Waals surface area contributed by atoms with E-state index in [9.17, 15) is 9.18 Å². The van der Waals surface area contributed by atoms with Crippen molar-refractivity contribution in [2.75, 3.05) is 5.32 Å². The van der Waals surface area contributed by atoms with E-state index in [2.05, 4.69) is 15.5 Å². The molecule has 1 saturated carbocycles. The number of esters is 1. The third kappa shape index (κ3) is 5.04. The minimum absolute atomic E-state index is 0.0648. The third-order valence-corrected chi connectivity index (χ3v) is 6.49. The summed E-state index contributed by atoms with van der Waals surface area (Å²) in [4.78, 5) is 16.2. The molecule has 0 amide bonds. The average molecular weight is 506 g/mol. The molecule has 0 aliphatic heterocycles. The molecule has 0 spiro atoms. The molecule has 6 rings (SSSR count). The highest BCUT2D eigenvalue weighted by Crippen LogP contribution is 2.35. The van der Waals surface area contributed by atoms with Crippen molar-refractivity contribution >= 4 is 17.3 Å². The molecule has 3 aromatic carbocycles. The van der Waals surface area contributed by atoms with Crippen molar-refractivity contribution in [2.24, 2.45) is 5.92 Å². The van der Waals surface area contributed by atoms with E-state index in [-0.39, 0.29) is 17.7 Å². The van der Waals surface area contributed by atoms with Gasteiger partial charge in [-0.1, -0.05) is 53.7 Å². The minimum Gasteiger partial charge on any atom is -0.426 e. The number of halogens is 1. The molecule has 2 heterocycles. The maximum Gasteiger partial charge on any atom is 0.314 e. The zero-order chi connectivity index (χ0) is 26.1. The molecule has 7 heteroatoms. The van der Waals surface area contributed by atoms with E-state index in [1.54, 1.807) is 18.5 Å². The molecular formula is C31H24FN3O3. The molecule has 0 unspecified atom stereocenters. The van der Waals surface area contributed by atoms with Crippen LogP contribution in [0.15, 0.2) is 95.8 Å². The van der Waals surface area contributed by atoms with E-state index < -0.39 is 0 Å². The van der Waals surface area contributed by atoms with Crippen LogP contribution in [0, 0.1) is 18.7 Å². The first-order chi connectivity index (χ1) is 18.5. The number of benzene rings is 3. The van der Waals surface area contributed by atoms with E-state index in [1.807, 2.05) is 67.6 Å². The maximum atomic E-state index is 13.7. The van der Waals surface area contributed by atoms with Gasteiger partial charge in [0.2, 0.25) is 0 Å². The topological polar surface area (TPSA) is 77.2 Å². The number of aryl methyl sites for hydroxylation is 1. The molecule has 5 aromatic rings. The molecule has 6 nitrogen and oxygen atoms in total. The van der Waals surface area contributed by atoms with Crippen LogP contribution in [-0.2, 0) is 4.79 Å². The number of rotatable bonds is 7. The second-order valence-corrected chi connectivity index (χ2v) is 9.37. The summed E-state index contributed by atoms with van der Waals surface area (Å²) in [5.41, 5.74) is 6.60. The Labute approximate surface area is 219 Å². The Balaban J connectivity index is 1.21. The van der Waals surface area contributed by atoms with Crippen LogP contribution >= 0.6 is 0 Å². The van der Waals surface area contributed by atoms with E-state index in [4.69, 9.17) is 9.26 Å². The molecule has 0 saturated heterocycles. The molecule has 1 aliphatic carbocycles. The molecule has 188 valence electrons. The number of carbonyl (C=O) groups excluding carboxylic acids is 1. The number of pyridine rings is 1. The molecule has 1 N–H and O–H groups in total. The Kier molecular flexibility index (Phi) is 6.17. The van der Waals surface area contributed by atoms with Gasteiger partial charge >= 0.3 is 5.97 Å². The number of nitrogens with one attached hydrogen (secondary N) is 1. The standard InChI is InChI=1S/C31H24FN3O3/c1-19-29(34-27-16-25(17-33-18-27)24-3-2-4-26(32)15-24)30(38-35-19)22-7-5-20(6-8-22)21-11-13-28(14-12-21)37-31(36)23-9-10-23/h2-8,11-18,23,34H,9-10H2,1H3. The smallest absolute Gasteiger partial charge is 0.314 e. The Bertz CT molecular complexity index is 1610. The number of hydrogen-bond acceptors (Lipinski definition) is 6. The van der Waals surface area contributed by atoms with Gasteiger partial charge in [-0.2, -0.15) is 0 Å². The first-order valence-corrected chi connectivity index (χ1v) is 12.4. The Morgan fingerprint density at radius 3 is 2.32 bits per heavy atom. The zero-order valence-corrected chi connectivity index (χ0v) is 20.6. The highest BCUT2D eigenvalue weighted by atomic mass is 19.1.